The lowest BCUT2D eigenvalue weighted by Gasteiger charge is -2.38. The monoisotopic (exact) mass is 554 g/mol. The standard InChI is InChI=1S/C26H33BrCl2N2O2/c1-19(2)26(25(32)33-3,21-6-4-7-22(27)17-21)10-5-11-30-12-14-31(15-13-30)18-20-8-9-23(28)24(29)16-20/h4,6-9,16-17,19H,5,10-15,18H2,1-3H3. The van der Waals surface area contributed by atoms with Crippen LogP contribution in [0.3, 0.4) is 0 Å². The second kappa shape index (κ2) is 12.0. The molecule has 1 heterocycles. The number of carbonyl (C=O) groups is 1. The van der Waals surface area contributed by atoms with Crippen molar-refractivity contribution in [3.05, 3.63) is 68.1 Å². The highest BCUT2D eigenvalue weighted by atomic mass is 79.9. The second-order valence-corrected chi connectivity index (χ2v) is 10.8. The van der Waals surface area contributed by atoms with Crippen LogP contribution >= 0.6 is 39.1 Å². The Bertz CT molecular complexity index is 948. The van der Waals surface area contributed by atoms with Crippen LogP contribution in [0.5, 0.6) is 0 Å². The third kappa shape index (κ3) is 6.52. The SMILES string of the molecule is COC(=O)C(CCCN1CCN(Cc2ccc(Cl)c(Cl)c2)CC1)(c1cccc(Br)c1)C(C)C. The van der Waals surface area contributed by atoms with Crippen LogP contribution in [0.4, 0.5) is 0 Å². The van der Waals surface area contributed by atoms with E-state index in [-0.39, 0.29) is 11.9 Å². The van der Waals surface area contributed by atoms with Gasteiger partial charge in [0.25, 0.3) is 0 Å². The first kappa shape index (κ1) is 26.5. The molecule has 3 rings (SSSR count). The minimum absolute atomic E-state index is 0.127. The normalized spacial score (nSPS) is 17.2. The molecule has 4 nitrogen and oxygen atoms in total. The lowest BCUT2D eigenvalue weighted by molar-refractivity contribution is -0.150. The van der Waals surface area contributed by atoms with Gasteiger partial charge in [-0.3, -0.25) is 9.69 Å². The van der Waals surface area contributed by atoms with Crippen molar-refractivity contribution in [2.24, 2.45) is 5.92 Å². The molecule has 0 amide bonds. The van der Waals surface area contributed by atoms with Gasteiger partial charge in [-0.2, -0.15) is 0 Å². The summed E-state index contributed by atoms with van der Waals surface area (Å²) in [7, 11) is 1.49. The second-order valence-electron chi connectivity index (χ2n) is 9.10. The molecule has 33 heavy (non-hydrogen) atoms. The molecule has 0 N–H and O–H groups in total. The van der Waals surface area contributed by atoms with Crippen molar-refractivity contribution in [1.29, 1.82) is 0 Å². The zero-order valence-corrected chi connectivity index (χ0v) is 22.7. The Kier molecular flexibility index (Phi) is 9.66. The Hall–Kier alpha value is -1.11. The van der Waals surface area contributed by atoms with Crippen molar-refractivity contribution in [2.75, 3.05) is 39.8 Å². The van der Waals surface area contributed by atoms with E-state index in [4.69, 9.17) is 27.9 Å². The van der Waals surface area contributed by atoms with E-state index in [9.17, 15) is 4.79 Å². The van der Waals surface area contributed by atoms with E-state index in [0.29, 0.717) is 10.0 Å². The van der Waals surface area contributed by atoms with Gasteiger partial charge < -0.3 is 9.64 Å². The largest absolute Gasteiger partial charge is 0.468 e. The molecule has 0 spiro atoms. The fourth-order valence-corrected chi connectivity index (χ4v) is 5.54. The highest BCUT2D eigenvalue weighted by molar-refractivity contribution is 9.10. The number of methoxy groups -OCH3 is 1. The molecule has 0 radical (unpaired) electrons. The van der Waals surface area contributed by atoms with Gasteiger partial charge in [0.1, 0.15) is 0 Å². The van der Waals surface area contributed by atoms with Crippen LogP contribution in [0.25, 0.3) is 0 Å². The van der Waals surface area contributed by atoms with Gasteiger partial charge in [0, 0.05) is 37.2 Å². The summed E-state index contributed by atoms with van der Waals surface area (Å²) in [5, 5.41) is 1.20. The quantitative estimate of drug-likeness (QED) is 0.334. The van der Waals surface area contributed by atoms with E-state index in [1.165, 1.54) is 12.7 Å². The predicted octanol–water partition coefficient (Wildman–Crippen LogP) is 6.42. The molecule has 180 valence electrons. The van der Waals surface area contributed by atoms with Gasteiger partial charge in [-0.25, -0.2) is 0 Å². The maximum Gasteiger partial charge on any atom is 0.316 e. The Morgan fingerprint density at radius 3 is 2.36 bits per heavy atom. The third-order valence-electron chi connectivity index (χ3n) is 6.78. The van der Waals surface area contributed by atoms with Crippen molar-refractivity contribution in [2.45, 2.75) is 38.6 Å². The number of ether oxygens (including phenoxy) is 1. The molecule has 1 fully saturated rings. The number of esters is 1. The molecule has 0 aromatic heterocycles. The maximum atomic E-state index is 13.1. The smallest absolute Gasteiger partial charge is 0.316 e. The molecular weight excluding hydrogens is 523 g/mol. The molecule has 2 aromatic rings. The number of benzene rings is 2. The molecule has 1 unspecified atom stereocenters. The topological polar surface area (TPSA) is 32.8 Å². The van der Waals surface area contributed by atoms with Crippen molar-refractivity contribution in [3.63, 3.8) is 0 Å². The average Bonchev–Trinajstić information content (AvgIpc) is 2.79. The fraction of sp³-hybridized carbons (Fsp3) is 0.500. The van der Waals surface area contributed by atoms with Gasteiger partial charge in [0.15, 0.2) is 0 Å². The summed E-state index contributed by atoms with van der Waals surface area (Å²) in [4.78, 5) is 18.0. The van der Waals surface area contributed by atoms with Crippen LogP contribution in [0.2, 0.25) is 10.0 Å². The molecule has 1 aliphatic heterocycles. The Morgan fingerprint density at radius 2 is 1.76 bits per heavy atom. The lowest BCUT2D eigenvalue weighted by atomic mass is 9.68. The molecule has 1 saturated heterocycles. The number of hydrogen-bond donors (Lipinski definition) is 0. The molecule has 2 aromatic carbocycles. The van der Waals surface area contributed by atoms with Crippen LogP contribution in [0.1, 0.15) is 37.8 Å². The lowest BCUT2D eigenvalue weighted by Crippen LogP contribution is -2.47. The van der Waals surface area contributed by atoms with E-state index >= 15 is 0 Å². The van der Waals surface area contributed by atoms with Gasteiger partial charge >= 0.3 is 5.97 Å². The van der Waals surface area contributed by atoms with Gasteiger partial charge in [-0.15, -0.1) is 0 Å². The minimum Gasteiger partial charge on any atom is -0.468 e. The summed E-state index contributed by atoms with van der Waals surface area (Å²) in [5.74, 6) is -0.0238. The maximum absolute atomic E-state index is 13.1. The van der Waals surface area contributed by atoms with E-state index in [0.717, 1.165) is 62.1 Å². The van der Waals surface area contributed by atoms with Gasteiger partial charge in [0.05, 0.1) is 22.6 Å². The van der Waals surface area contributed by atoms with E-state index in [1.807, 2.05) is 36.4 Å². The summed E-state index contributed by atoms with van der Waals surface area (Å²) in [6.45, 7) is 10.1. The first-order chi connectivity index (χ1) is 15.8. The number of nitrogens with zero attached hydrogens (tertiary/aromatic N) is 2. The molecule has 7 heteroatoms. The van der Waals surface area contributed by atoms with Gasteiger partial charge in [-0.1, -0.05) is 71.2 Å². The summed E-state index contributed by atoms with van der Waals surface area (Å²) in [6, 6.07) is 13.9. The van der Waals surface area contributed by atoms with Crippen LogP contribution in [0, 0.1) is 5.92 Å². The third-order valence-corrected chi connectivity index (χ3v) is 8.01. The van der Waals surface area contributed by atoms with E-state index in [2.05, 4.69) is 45.6 Å². The zero-order chi connectivity index (χ0) is 24.0. The minimum atomic E-state index is -0.645. The van der Waals surface area contributed by atoms with Crippen LogP contribution < -0.4 is 0 Å². The Morgan fingerprint density at radius 1 is 1.06 bits per heavy atom. The fourth-order valence-electron chi connectivity index (χ4n) is 4.82. The Labute approximate surface area is 216 Å². The predicted molar refractivity (Wildman–Crippen MR) is 140 cm³/mol. The molecule has 1 atom stereocenters. The Balaban J connectivity index is 1.57. The van der Waals surface area contributed by atoms with Crippen molar-refractivity contribution in [1.82, 2.24) is 9.80 Å². The van der Waals surface area contributed by atoms with Gasteiger partial charge in [-0.05, 0) is 60.7 Å². The summed E-state index contributed by atoms with van der Waals surface area (Å²) >= 11 is 15.8. The molecule has 0 aliphatic carbocycles. The van der Waals surface area contributed by atoms with Crippen molar-refractivity contribution < 1.29 is 9.53 Å². The zero-order valence-electron chi connectivity index (χ0n) is 19.6. The van der Waals surface area contributed by atoms with Crippen LogP contribution in [0.15, 0.2) is 46.9 Å². The number of halogens is 3. The van der Waals surface area contributed by atoms with Crippen LogP contribution in [-0.2, 0) is 21.5 Å². The van der Waals surface area contributed by atoms with Crippen molar-refractivity contribution in [3.8, 4) is 0 Å². The first-order valence-electron chi connectivity index (χ1n) is 11.5. The molecular formula is C26H33BrCl2N2O2. The summed E-state index contributed by atoms with van der Waals surface area (Å²) in [6.07, 6.45) is 1.70. The summed E-state index contributed by atoms with van der Waals surface area (Å²) in [5.41, 5.74) is 1.56. The number of rotatable bonds is 9. The van der Waals surface area contributed by atoms with E-state index in [1.54, 1.807) is 0 Å². The van der Waals surface area contributed by atoms with Gasteiger partial charge in [0.2, 0.25) is 0 Å². The molecule has 0 bridgehead atoms. The highest BCUT2D eigenvalue weighted by Gasteiger charge is 2.44. The molecule has 0 saturated carbocycles. The van der Waals surface area contributed by atoms with Crippen LogP contribution in [-0.4, -0.2) is 55.6 Å². The average molecular weight is 556 g/mol. The first-order valence-corrected chi connectivity index (χ1v) is 13.0. The molecule has 1 aliphatic rings. The van der Waals surface area contributed by atoms with Crippen molar-refractivity contribution >= 4 is 45.1 Å². The summed E-state index contributed by atoms with van der Waals surface area (Å²) < 4.78 is 6.29. The van der Waals surface area contributed by atoms with E-state index < -0.39 is 5.41 Å². The number of piperazine rings is 1. The highest BCUT2D eigenvalue weighted by Crippen LogP contribution is 2.39. The number of carbonyl (C=O) groups excluding carboxylic acids is 1. The number of hydrogen-bond acceptors (Lipinski definition) is 4.